The van der Waals surface area contributed by atoms with Gasteiger partial charge in [-0.15, -0.1) is 0 Å². The summed E-state index contributed by atoms with van der Waals surface area (Å²) >= 11 is 0. The van der Waals surface area contributed by atoms with E-state index in [0.717, 1.165) is 0 Å². The van der Waals surface area contributed by atoms with Gasteiger partial charge in [-0.2, -0.15) is 0 Å². The van der Waals surface area contributed by atoms with Crippen LogP contribution in [0, 0.1) is 0 Å². The van der Waals surface area contributed by atoms with Crippen molar-refractivity contribution in [3.05, 3.63) is 35.9 Å². The second-order valence-electron chi connectivity index (χ2n) is 5.27. The highest BCUT2D eigenvalue weighted by molar-refractivity contribution is 5.94. The van der Waals surface area contributed by atoms with Crippen LogP contribution >= 0.6 is 0 Å². The molecule has 3 atom stereocenters. The van der Waals surface area contributed by atoms with Crippen LogP contribution in [-0.2, 0) is 19.0 Å². The molecule has 1 heterocycles. The summed E-state index contributed by atoms with van der Waals surface area (Å²) in [5.41, 5.74) is -1.30. The minimum Gasteiger partial charge on any atom is -0.454 e. The van der Waals surface area contributed by atoms with Crippen molar-refractivity contribution in [1.82, 2.24) is 0 Å². The highest BCUT2D eigenvalue weighted by Crippen LogP contribution is 2.30. The molecular weight excluding hydrogens is 288 g/mol. The summed E-state index contributed by atoms with van der Waals surface area (Å²) in [6, 6.07) is 8.37. The summed E-state index contributed by atoms with van der Waals surface area (Å²) in [6.07, 6.45) is -0.562. The first-order chi connectivity index (χ1) is 10.5. The summed E-state index contributed by atoms with van der Waals surface area (Å²) in [5, 5.41) is 10.5. The Labute approximate surface area is 129 Å². The van der Waals surface area contributed by atoms with Crippen LogP contribution in [0.3, 0.4) is 0 Å². The smallest absolute Gasteiger partial charge is 0.338 e. The van der Waals surface area contributed by atoms with Crippen molar-refractivity contribution in [3.8, 4) is 0 Å². The zero-order valence-corrected chi connectivity index (χ0v) is 12.7. The van der Waals surface area contributed by atoms with E-state index in [1.54, 1.807) is 37.3 Å². The van der Waals surface area contributed by atoms with Crippen molar-refractivity contribution in [2.45, 2.75) is 37.8 Å². The van der Waals surface area contributed by atoms with E-state index in [1.807, 2.05) is 0 Å². The molecule has 0 saturated carbocycles. The molecule has 120 valence electrons. The standard InChI is InChI=1S/C16H20O6/c1-11-16(19,9-8-14(20-2)22-11)13(17)10-21-15(18)12-6-4-3-5-7-12/h3-7,11,14,19H,8-10H2,1-2H3/t11-,14-,16-/m1/s1. The third-order valence-corrected chi connectivity index (χ3v) is 3.88. The van der Waals surface area contributed by atoms with Crippen LogP contribution in [0.4, 0.5) is 0 Å². The number of carbonyl (C=O) groups excluding carboxylic acids is 2. The normalized spacial score (nSPS) is 28.1. The van der Waals surface area contributed by atoms with E-state index in [2.05, 4.69) is 0 Å². The van der Waals surface area contributed by atoms with Crippen LogP contribution in [0.2, 0.25) is 0 Å². The number of ether oxygens (including phenoxy) is 3. The number of esters is 1. The number of hydrogen-bond donors (Lipinski definition) is 1. The van der Waals surface area contributed by atoms with E-state index in [-0.39, 0.29) is 6.42 Å². The maximum atomic E-state index is 12.2. The Hall–Kier alpha value is -1.76. The summed E-state index contributed by atoms with van der Waals surface area (Å²) < 4.78 is 15.5. The highest BCUT2D eigenvalue weighted by Gasteiger charge is 2.46. The van der Waals surface area contributed by atoms with E-state index in [1.165, 1.54) is 7.11 Å². The Kier molecular flexibility index (Phi) is 5.28. The van der Waals surface area contributed by atoms with Gasteiger partial charge in [-0.05, 0) is 25.5 Å². The van der Waals surface area contributed by atoms with Gasteiger partial charge in [0.2, 0.25) is 5.78 Å². The van der Waals surface area contributed by atoms with Gasteiger partial charge in [-0.1, -0.05) is 18.2 Å². The van der Waals surface area contributed by atoms with E-state index in [0.29, 0.717) is 12.0 Å². The van der Waals surface area contributed by atoms with Crippen molar-refractivity contribution in [1.29, 1.82) is 0 Å². The molecule has 1 saturated heterocycles. The monoisotopic (exact) mass is 308 g/mol. The molecule has 0 bridgehead atoms. The Morgan fingerprint density at radius 1 is 1.36 bits per heavy atom. The Bertz CT molecular complexity index is 529. The van der Waals surface area contributed by atoms with Crippen molar-refractivity contribution >= 4 is 11.8 Å². The van der Waals surface area contributed by atoms with E-state index in [9.17, 15) is 14.7 Å². The van der Waals surface area contributed by atoms with Gasteiger partial charge in [0.25, 0.3) is 0 Å². The second kappa shape index (κ2) is 7.00. The minimum atomic E-state index is -1.66. The fourth-order valence-electron chi connectivity index (χ4n) is 2.40. The lowest BCUT2D eigenvalue weighted by atomic mass is 9.85. The lowest BCUT2D eigenvalue weighted by molar-refractivity contribution is -0.235. The van der Waals surface area contributed by atoms with Gasteiger partial charge in [0.15, 0.2) is 18.5 Å². The average Bonchev–Trinajstić information content (AvgIpc) is 2.55. The molecule has 2 rings (SSSR count). The first-order valence-electron chi connectivity index (χ1n) is 7.13. The predicted octanol–water partition coefficient (Wildman–Crippen LogP) is 1.31. The Morgan fingerprint density at radius 3 is 2.64 bits per heavy atom. The molecule has 1 aromatic rings. The molecule has 1 N–H and O–H groups in total. The van der Waals surface area contributed by atoms with Crippen LogP contribution < -0.4 is 0 Å². The van der Waals surface area contributed by atoms with E-state index < -0.39 is 36.4 Å². The quantitative estimate of drug-likeness (QED) is 0.826. The van der Waals surface area contributed by atoms with Crippen molar-refractivity contribution in [3.63, 3.8) is 0 Å². The lowest BCUT2D eigenvalue weighted by Gasteiger charge is -2.39. The van der Waals surface area contributed by atoms with Crippen LogP contribution in [0.1, 0.15) is 30.1 Å². The molecule has 6 nitrogen and oxygen atoms in total. The average molecular weight is 308 g/mol. The van der Waals surface area contributed by atoms with Crippen LogP contribution in [0.5, 0.6) is 0 Å². The summed E-state index contributed by atoms with van der Waals surface area (Å²) in [6.45, 7) is 1.11. The molecule has 1 aromatic carbocycles. The van der Waals surface area contributed by atoms with Gasteiger partial charge in [0, 0.05) is 13.5 Å². The number of rotatable bonds is 5. The molecule has 0 unspecified atom stereocenters. The first-order valence-corrected chi connectivity index (χ1v) is 7.13. The maximum Gasteiger partial charge on any atom is 0.338 e. The number of aliphatic hydroxyl groups is 1. The predicted molar refractivity (Wildman–Crippen MR) is 77.3 cm³/mol. The van der Waals surface area contributed by atoms with Gasteiger partial charge >= 0.3 is 5.97 Å². The fraction of sp³-hybridized carbons (Fsp3) is 0.500. The minimum absolute atomic E-state index is 0.203. The van der Waals surface area contributed by atoms with Gasteiger partial charge in [-0.25, -0.2) is 4.79 Å². The van der Waals surface area contributed by atoms with Crippen molar-refractivity contribution in [2.75, 3.05) is 13.7 Å². The van der Waals surface area contributed by atoms with E-state index >= 15 is 0 Å². The third-order valence-electron chi connectivity index (χ3n) is 3.88. The Balaban J connectivity index is 1.93. The molecule has 6 heteroatoms. The van der Waals surface area contributed by atoms with Crippen molar-refractivity contribution < 1.29 is 28.9 Å². The molecule has 0 aromatic heterocycles. The molecule has 1 aliphatic heterocycles. The zero-order valence-electron chi connectivity index (χ0n) is 12.7. The van der Waals surface area contributed by atoms with Gasteiger partial charge in [-0.3, -0.25) is 4.79 Å². The molecule has 0 radical (unpaired) electrons. The molecular formula is C16H20O6. The number of ketones is 1. The first kappa shape index (κ1) is 16.6. The molecule has 22 heavy (non-hydrogen) atoms. The third kappa shape index (κ3) is 3.52. The van der Waals surface area contributed by atoms with Crippen LogP contribution in [0.15, 0.2) is 30.3 Å². The van der Waals surface area contributed by atoms with Gasteiger partial charge in [0.1, 0.15) is 0 Å². The number of hydrogen-bond acceptors (Lipinski definition) is 6. The number of carbonyl (C=O) groups is 2. The molecule has 0 amide bonds. The lowest BCUT2D eigenvalue weighted by Crippen LogP contribution is -2.55. The number of benzene rings is 1. The largest absolute Gasteiger partial charge is 0.454 e. The molecule has 1 aliphatic rings. The van der Waals surface area contributed by atoms with Gasteiger partial charge < -0.3 is 19.3 Å². The van der Waals surface area contributed by atoms with Gasteiger partial charge in [0.05, 0.1) is 11.7 Å². The van der Waals surface area contributed by atoms with Crippen LogP contribution in [0.25, 0.3) is 0 Å². The molecule has 0 spiro atoms. The number of Topliss-reactive ketones (excluding diaryl/α,β-unsaturated/α-hetero) is 1. The van der Waals surface area contributed by atoms with E-state index in [4.69, 9.17) is 14.2 Å². The Morgan fingerprint density at radius 2 is 2.05 bits per heavy atom. The summed E-state index contributed by atoms with van der Waals surface area (Å²) in [7, 11) is 1.51. The van der Waals surface area contributed by atoms with Crippen LogP contribution in [-0.4, -0.2) is 48.6 Å². The number of methoxy groups -OCH3 is 1. The topological polar surface area (TPSA) is 82.1 Å². The summed E-state index contributed by atoms with van der Waals surface area (Å²) in [4.78, 5) is 24.0. The molecule has 1 fully saturated rings. The molecule has 0 aliphatic carbocycles. The fourth-order valence-corrected chi connectivity index (χ4v) is 2.40. The zero-order chi connectivity index (χ0) is 16.2. The summed E-state index contributed by atoms with van der Waals surface area (Å²) in [5.74, 6) is -1.17. The van der Waals surface area contributed by atoms with Crippen molar-refractivity contribution in [2.24, 2.45) is 0 Å². The SMILES string of the molecule is CO[C@H]1CC[C@](O)(C(=O)COC(=O)c2ccccc2)[C@@H](C)O1. The highest BCUT2D eigenvalue weighted by atomic mass is 16.7. The second-order valence-corrected chi connectivity index (χ2v) is 5.27. The maximum absolute atomic E-state index is 12.2.